The van der Waals surface area contributed by atoms with Crippen LogP contribution in [0.2, 0.25) is 0 Å². The zero-order chi connectivity index (χ0) is 22.3. The Morgan fingerprint density at radius 1 is 1.13 bits per heavy atom. The summed E-state index contributed by atoms with van der Waals surface area (Å²) in [5, 5.41) is 10.3. The molecule has 0 atom stereocenters. The first-order valence-corrected chi connectivity index (χ1v) is 9.78. The minimum absolute atomic E-state index is 0.0570. The zero-order valence-electron chi connectivity index (χ0n) is 17.6. The molecule has 0 saturated carbocycles. The number of fused-ring (bicyclic) bond motifs is 2. The van der Waals surface area contributed by atoms with Crippen LogP contribution in [0.3, 0.4) is 0 Å². The van der Waals surface area contributed by atoms with Gasteiger partial charge in [0, 0.05) is 18.8 Å². The predicted molar refractivity (Wildman–Crippen MR) is 113 cm³/mol. The van der Waals surface area contributed by atoms with Gasteiger partial charge >= 0.3 is 0 Å². The van der Waals surface area contributed by atoms with Crippen LogP contribution in [0.1, 0.15) is 19.7 Å². The van der Waals surface area contributed by atoms with Crippen molar-refractivity contribution in [3.63, 3.8) is 0 Å². The molecule has 2 N–H and O–H groups in total. The number of alkyl halides is 3. The molecule has 4 aromatic rings. The number of aromatic nitrogens is 6. The van der Waals surface area contributed by atoms with Gasteiger partial charge in [0.05, 0.1) is 18.8 Å². The van der Waals surface area contributed by atoms with Gasteiger partial charge in [-0.05, 0) is 39.0 Å². The van der Waals surface area contributed by atoms with Crippen LogP contribution in [0.5, 0.6) is 0 Å². The molecule has 0 radical (unpaired) electrons. The van der Waals surface area contributed by atoms with E-state index in [2.05, 4.69) is 30.7 Å². The number of pyridine rings is 1. The van der Waals surface area contributed by atoms with Gasteiger partial charge in [-0.1, -0.05) is 0 Å². The maximum absolute atomic E-state index is 13.8. The predicted octanol–water partition coefficient (Wildman–Crippen LogP) is 3.92. The topological polar surface area (TPSA) is 85.0 Å². The Hall–Kier alpha value is -3.37. The third kappa shape index (κ3) is 4.12. The molecule has 0 saturated heterocycles. The summed E-state index contributed by atoms with van der Waals surface area (Å²) in [4.78, 5) is 13.4. The lowest BCUT2D eigenvalue weighted by Crippen LogP contribution is -2.25. The van der Waals surface area contributed by atoms with E-state index in [9.17, 15) is 13.2 Å². The van der Waals surface area contributed by atoms with Crippen molar-refractivity contribution in [1.29, 1.82) is 0 Å². The second-order valence-corrected chi connectivity index (χ2v) is 7.83. The molecule has 4 rings (SSSR count). The minimum atomic E-state index is -2.51. The molecule has 0 fully saturated rings. The van der Waals surface area contributed by atoms with E-state index in [0.29, 0.717) is 34.0 Å². The largest absolute Gasteiger partial charge is 0.371 e. The fraction of sp³-hybridized carbons (Fsp3) is 0.400. The second kappa shape index (κ2) is 7.71. The average molecular weight is 432 g/mol. The lowest BCUT2D eigenvalue weighted by molar-refractivity contribution is 0.127. The summed E-state index contributed by atoms with van der Waals surface area (Å²) < 4.78 is 42.9. The van der Waals surface area contributed by atoms with Gasteiger partial charge in [0.1, 0.15) is 22.5 Å². The second-order valence-electron chi connectivity index (χ2n) is 7.83. The van der Waals surface area contributed by atoms with Crippen molar-refractivity contribution in [2.24, 2.45) is 0 Å². The number of halogens is 3. The van der Waals surface area contributed by atoms with Gasteiger partial charge in [-0.2, -0.15) is 4.98 Å². The van der Waals surface area contributed by atoms with E-state index in [0.717, 1.165) is 5.56 Å². The summed E-state index contributed by atoms with van der Waals surface area (Å²) in [7, 11) is 1.72. The van der Waals surface area contributed by atoms with Crippen molar-refractivity contribution in [1.82, 2.24) is 29.1 Å². The first kappa shape index (κ1) is 20.9. The van der Waals surface area contributed by atoms with Crippen molar-refractivity contribution < 1.29 is 13.2 Å². The summed E-state index contributed by atoms with van der Waals surface area (Å²) >= 11 is 0. The van der Waals surface area contributed by atoms with E-state index in [1.54, 1.807) is 36.8 Å². The summed E-state index contributed by atoms with van der Waals surface area (Å²) in [6.07, 6.45) is -0.770. The van der Waals surface area contributed by atoms with Crippen molar-refractivity contribution >= 4 is 28.4 Å². The number of nitrogens with zero attached hydrogens (tertiary/aromatic N) is 6. The van der Waals surface area contributed by atoms with E-state index < -0.39 is 18.6 Å². The van der Waals surface area contributed by atoms with Crippen LogP contribution in [0.15, 0.2) is 24.4 Å². The van der Waals surface area contributed by atoms with E-state index >= 15 is 0 Å². The van der Waals surface area contributed by atoms with Gasteiger partial charge < -0.3 is 15.2 Å². The summed E-state index contributed by atoms with van der Waals surface area (Å²) in [5.74, 6) is 1.28. The SMILES string of the molecule is CNc1nc(NCC(C)(C)F)nn2ccc(-c3ccc4nc(C)n(CC(F)F)c4n3)c12. The van der Waals surface area contributed by atoms with Crippen molar-refractivity contribution in [2.45, 2.75) is 39.4 Å². The van der Waals surface area contributed by atoms with Gasteiger partial charge in [0.15, 0.2) is 11.5 Å². The Morgan fingerprint density at radius 3 is 2.58 bits per heavy atom. The summed E-state index contributed by atoms with van der Waals surface area (Å²) in [6, 6.07) is 5.37. The smallest absolute Gasteiger partial charge is 0.256 e. The Morgan fingerprint density at radius 2 is 1.90 bits per heavy atom. The lowest BCUT2D eigenvalue weighted by Gasteiger charge is -2.15. The molecular formula is C20H23F3N8. The fourth-order valence-electron chi connectivity index (χ4n) is 3.39. The quantitative estimate of drug-likeness (QED) is 0.461. The molecule has 0 aliphatic carbocycles. The summed E-state index contributed by atoms with van der Waals surface area (Å²) in [6.45, 7) is 4.19. The van der Waals surface area contributed by atoms with Gasteiger partial charge in [0.25, 0.3) is 6.43 Å². The first-order valence-electron chi connectivity index (χ1n) is 9.78. The normalized spacial score (nSPS) is 12.3. The van der Waals surface area contributed by atoms with Crippen LogP contribution in [0.25, 0.3) is 27.9 Å². The van der Waals surface area contributed by atoms with Crippen LogP contribution in [-0.4, -0.2) is 54.8 Å². The van der Waals surface area contributed by atoms with Crippen molar-refractivity contribution in [2.75, 3.05) is 24.2 Å². The van der Waals surface area contributed by atoms with Crippen LogP contribution in [0.4, 0.5) is 24.9 Å². The molecule has 31 heavy (non-hydrogen) atoms. The van der Waals surface area contributed by atoms with Crippen LogP contribution in [0, 0.1) is 6.92 Å². The van der Waals surface area contributed by atoms with E-state index in [1.165, 1.54) is 18.4 Å². The molecular weight excluding hydrogens is 409 g/mol. The zero-order valence-corrected chi connectivity index (χ0v) is 17.6. The van der Waals surface area contributed by atoms with Gasteiger partial charge in [-0.15, -0.1) is 5.10 Å². The Bertz CT molecular complexity index is 1240. The Labute approximate surface area is 176 Å². The lowest BCUT2D eigenvalue weighted by atomic mass is 10.2. The minimum Gasteiger partial charge on any atom is -0.371 e. The number of nitrogens with one attached hydrogen (secondary N) is 2. The monoisotopic (exact) mass is 432 g/mol. The van der Waals surface area contributed by atoms with Crippen LogP contribution in [-0.2, 0) is 6.54 Å². The maximum atomic E-state index is 13.8. The highest BCUT2D eigenvalue weighted by Crippen LogP contribution is 2.30. The molecule has 0 aliphatic heterocycles. The van der Waals surface area contributed by atoms with Gasteiger partial charge in [0.2, 0.25) is 5.95 Å². The van der Waals surface area contributed by atoms with Gasteiger partial charge in [-0.25, -0.2) is 27.7 Å². The maximum Gasteiger partial charge on any atom is 0.256 e. The molecule has 164 valence electrons. The number of aryl methyl sites for hydroxylation is 1. The number of rotatable bonds is 7. The molecule has 0 bridgehead atoms. The third-order valence-electron chi connectivity index (χ3n) is 4.79. The first-order chi connectivity index (χ1) is 14.7. The van der Waals surface area contributed by atoms with Crippen LogP contribution < -0.4 is 10.6 Å². The standard InChI is InChI=1S/C20H23F3N8/c1-11-26-14-6-5-13(27-18(14)30(11)9-15(21)22)12-7-8-31-16(12)17(24-4)28-19(29-31)25-10-20(2,3)23/h5-8,15H,9-10H2,1-4H3,(H2,24,25,28,29). The summed E-state index contributed by atoms with van der Waals surface area (Å²) in [5.41, 5.74) is 1.50. The Balaban J connectivity index is 1.80. The molecule has 8 nitrogen and oxygen atoms in total. The molecule has 0 unspecified atom stereocenters. The van der Waals surface area contributed by atoms with Crippen molar-refractivity contribution in [3.05, 3.63) is 30.2 Å². The molecule has 0 spiro atoms. The van der Waals surface area contributed by atoms with Crippen molar-refractivity contribution in [3.8, 4) is 11.3 Å². The average Bonchev–Trinajstić information content (AvgIpc) is 3.26. The highest BCUT2D eigenvalue weighted by atomic mass is 19.3. The molecule has 0 aromatic carbocycles. The number of imidazole rings is 1. The number of hydrogen-bond acceptors (Lipinski definition) is 6. The number of hydrogen-bond donors (Lipinski definition) is 2. The molecule has 4 aromatic heterocycles. The molecule has 4 heterocycles. The van der Waals surface area contributed by atoms with E-state index in [4.69, 9.17) is 0 Å². The third-order valence-corrected chi connectivity index (χ3v) is 4.79. The highest BCUT2D eigenvalue weighted by Gasteiger charge is 2.19. The van der Waals surface area contributed by atoms with Crippen LogP contribution >= 0.6 is 0 Å². The van der Waals surface area contributed by atoms with E-state index in [-0.39, 0.29) is 12.5 Å². The van der Waals surface area contributed by atoms with Gasteiger partial charge in [-0.3, -0.25) is 0 Å². The molecule has 0 amide bonds. The Kier molecular flexibility index (Phi) is 5.19. The molecule has 11 heteroatoms. The number of anilines is 2. The molecule has 0 aliphatic rings. The fourth-order valence-corrected chi connectivity index (χ4v) is 3.39. The highest BCUT2D eigenvalue weighted by molar-refractivity contribution is 5.89. The van der Waals surface area contributed by atoms with E-state index in [1.807, 2.05) is 6.07 Å².